The lowest BCUT2D eigenvalue weighted by molar-refractivity contribution is -0.152. The van der Waals surface area contributed by atoms with Gasteiger partial charge in [0, 0.05) is 35.1 Å². The maximum atomic E-state index is 13.8. The number of furan rings is 1. The van der Waals surface area contributed by atoms with Gasteiger partial charge in [-0.15, -0.1) is 0 Å². The minimum atomic E-state index is -1.06. The van der Waals surface area contributed by atoms with Crippen LogP contribution in [0.15, 0.2) is 52.3 Å². The number of methoxy groups -OCH3 is 2. The van der Waals surface area contributed by atoms with Gasteiger partial charge < -0.3 is 23.9 Å². The summed E-state index contributed by atoms with van der Waals surface area (Å²) in [5.41, 5.74) is 1.56. The summed E-state index contributed by atoms with van der Waals surface area (Å²) in [7, 11) is 3.07. The molecule has 0 fully saturated rings. The van der Waals surface area contributed by atoms with E-state index in [1.165, 1.54) is 13.4 Å². The van der Waals surface area contributed by atoms with Gasteiger partial charge in [-0.1, -0.05) is 0 Å². The smallest absolute Gasteiger partial charge is 0.317 e. The molecule has 0 bridgehead atoms. The molecule has 2 aromatic rings. The molecule has 8 nitrogen and oxygen atoms in total. The molecule has 0 radical (unpaired) electrons. The molecule has 4 rings (SSSR count). The molecule has 1 aromatic heterocycles. The summed E-state index contributed by atoms with van der Waals surface area (Å²) in [5, 5.41) is 2.85. The standard InChI is InChI=1S/C24H25NO7/c1-4-31-24(28)22-16(19-6-5-9-32-19)11-17-21(23(22)27)15(12-20(26)25-17)14-10-13(29-2)7-8-18(14)30-3/h5-10,15-16,22H,4,11-12H2,1-3H3,(H,25,26)/t15-,16-,22-/m1/s1. The molecule has 1 N–H and O–H groups in total. The predicted molar refractivity (Wildman–Crippen MR) is 113 cm³/mol. The van der Waals surface area contributed by atoms with Crippen LogP contribution in [0.3, 0.4) is 0 Å². The Morgan fingerprint density at radius 3 is 2.62 bits per heavy atom. The summed E-state index contributed by atoms with van der Waals surface area (Å²) < 4.78 is 21.6. The lowest BCUT2D eigenvalue weighted by Gasteiger charge is -2.37. The summed E-state index contributed by atoms with van der Waals surface area (Å²) in [4.78, 5) is 39.3. The van der Waals surface area contributed by atoms with Crippen LogP contribution < -0.4 is 14.8 Å². The van der Waals surface area contributed by atoms with E-state index < -0.39 is 23.7 Å². The van der Waals surface area contributed by atoms with Gasteiger partial charge in [-0.2, -0.15) is 0 Å². The zero-order valence-electron chi connectivity index (χ0n) is 18.2. The molecule has 0 spiro atoms. The van der Waals surface area contributed by atoms with E-state index in [0.29, 0.717) is 34.1 Å². The third kappa shape index (κ3) is 3.77. The predicted octanol–water partition coefficient (Wildman–Crippen LogP) is 3.09. The van der Waals surface area contributed by atoms with Crippen molar-refractivity contribution >= 4 is 17.7 Å². The number of ether oxygens (including phenoxy) is 3. The molecule has 2 heterocycles. The quantitative estimate of drug-likeness (QED) is 0.545. The summed E-state index contributed by atoms with van der Waals surface area (Å²) in [5.74, 6) is -1.78. The maximum absolute atomic E-state index is 13.8. The van der Waals surface area contributed by atoms with Crippen LogP contribution in [0.2, 0.25) is 0 Å². The minimum Gasteiger partial charge on any atom is -0.497 e. The fourth-order valence-corrected chi connectivity index (χ4v) is 4.60. The Bertz CT molecular complexity index is 1070. The SMILES string of the molecule is CCOC(=O)[C@H]1C(=O)C2=C(C[C@@H]1c1ccco1)NC(=O)C[C@@H]2c1cc(OC)ccc1OC. The van der Waals surface area contributed by atoms with E-state index in [2.05, 4.69) is 5.32 Å². The van der Waals surface area contributed by atoms with E-state index in [1.807, 2.05) is 0 Å². The summed E-state index contributed by atoms with van der Waals surface area (Å²) in [6, 6.07) is 8.68. The Labute approximate surface area is 185 Å². The lowest BCUT2D eigenvalue weighted by Crippen LogP contribution is -2.44. The third-order valence-electron chi connectivity index (χ3n) is 5.99. The number of Topliss-reactive ketones (excluding diaryl/α,β-unsaturated/α-hetero) is 1. The van der Waals surface area contributed by atoms with Gasteiger partial charge in [0.25, 0.3) is 0 Å². The molecule has 3 atom stereocenters. The van der Waals surface area contributed by atoms with E-state index >= 15 is 0 Å². The van der Waals surface area contributed by atoms with Gasteiger partial charge in [-0.3, -0.25) is 14.4 Å². The number of hydrogen-bond acceptors (Lipinski definition) is 7. The first kappa shape index (κ1) is 21.7. The fraction of sp³-hybridized carbons (Fsp3) is 0.375. The number of carbonyl (C=O) groups excluding carboxylic acids is 3. The van der Waals surface area contributed by atoms with E-state index in [0.717, 1.165) is 0 Å². The van der Waals surface area contributed by atoms with Crippen LogP contribution in [0.5, 0.6) is 11.5 Å². The van der Waals surface area contributed by atoms with Crippen LogP contribution in [-0.4, -0.2) is 38.5 Å². The highest BCUT2D eigenvalue weighted by atomic mass is 16.5. The van der Waals surface area contributed by atoms with Crippen LogP contribution in [-0.2, 0) is 19.1 Å². The number of benzene rings is 1. The number of carbonyl (C=O) groups is 3. The van der Waals surface area contributed by atoms with Crippen molar-refractivity contribution in [1.29, 1.82) is 0 Å². The zero-order chi connectivity index (χ0) is 22.8. The van der Waals surface area contributed by atoms with Crippen LogP contribution in [0.25, 0.3) is 0 Å². The van der Waals surface area contributed by atoms with Crippen LogP contribution in [0.4, 0.5) is 0 Å². The number of ketones is 1. The first-order valence-electron chi connectivity index (χ1n) is 10.5. The van der Waals surface area contributed by atoms with Gasteiger partial charge in [-0.25, -0.2) is 0 Å². The molecule has 1 aliphatic carbocycles. The first-order chi connectivity index (χ1) is 15.5. The molecule has 1 aromatic carbocycles. The Morgan fingerprint density at radius 1 is 1.16 bits per heavy atom. The molecule has 8 heteroatoms. The van der Waals surface area contributed by atoms with Gasteiger partial charge in [0.15, 0.2) is 5.78 Å². The van der Waals surface area contributed by atoms with E-state index in [4.69, 9.17) is 18.6 Å². The molecule has 0 saturated carbocycles. The number of allylic oxidation sites excluding steroid dienone is 2. The van der Waals surface area contributed by atoms with E-state index in [9.17, 15) is 14.4 Å². The Morgan fingerprint density at radius 2 is 1.97 bits per heavy atom. The van der Waals surface area contributed by atoms with Crippen molar-refractivity contribution in [3.63, 3.8) is 0 Å². The van der Waals surface area contributed by atoms with E-state index in [1.54, 1.807) is 44.4 Å². The van der Waals surface area contributed by atoms with Crippen molar-refractivity contribution in [2.45, 2.75) is 31.6 Å². The molecule has 0 saturated heterocycles. The summed E-state index contributed by atoms with van der Waals surface area (Å²) in [6.07, 6.45) is 1.82. The second-order valence-electron chi connectivity index (χ2n) is 7.73. The van der Waals surface area contributed by atoms with Crippen molar-refractivity contribution in [1.82, 2.24) is 5.32 Å². The number of hydrogen-bond donors (Lipinski definition) is 1. The average Bonchev–Trinajstić information content (AvgIpc) is 3.32. The number of rotatable bonds is 6. The highest BCUT2D eigenvalue weighted by Gasteiger charge is 2.49. The second kappa shape index (κ2) is 8.90. The number of amides is 1. The molecule has 2 aliphatic rings. The normalized spacial score (nSPS) is 22.8. The monoisotopic (exact) mass is 439 g/mol. The zero-order valence-corrected chi connectivity index (χ0v) is 18.2. The van der Waals surface area contributed by atoms with E-state index in [-0.39, 0.29) is 31.1 Å². The highest BCUT2D eigenvalue weighted by molar-refractivity contribution is 6.12. The van der Waals surface area contributed by atoms with Gasteiger partial charge in [0.2, 0.25) is 5.91 Å². The maximum Gasteiger partial charge on any atom is 0.317 e. The minimum absolute atomic E-state index is 0.0507. The average molecular weight is 439 g/mol. The van der Waals surface area contributed by atoms with Crippen molar-refractivity contribution < 1.29 is 33.0 Å². The van der Waals surface area contributed by atoms with Crippen molar-refractivity contribution in [3.8, 4) is 11.5 Å². The van der Waals surface area contributed by atoms with Crippen LogP contribution >= 0.6 is 0 Å². The number of esters is 1. The number of nitrogens with one attached hydrogen (secondary N) is 1. The van der Waals surface area contributed by atoms with Crippen molar-refractivity contribution in [2.75, 3.05) is 20.8 Å². The summed E-state index contributed by atoms with van der Waals surface area (Å²) >= 11 is 0. The second-order valence-corrected chi connectivity index (χ2v) is 7.73. The molecule has 1 aliphatic heterocycles. The first-order valence-corrected chi connectivity index (χ1v) is 10.5. The largest absolute Gasteiger partial charge is 0.497 e. The Hall–Kier alpha value is -3.55. The third-order valence-corrected chi connectivity index (χ3v) is 5.99. The Balaban J connectivity index is 1.85. The molecule has 168 valence electrons. The van der Waals surface area contributed by atoms with Crippen LogP contribution in [0.1, 0.15) is 42.9 Å². The van der Waals surface area contributed by atoms with Gasteiger partial charge in [-0.05, 0) is 43.7 Å². The van der Waals surface area contributed by atoms with Crippen LogP contribution in [0, 0.1) is 5.92 Å². The lowest BCUT2D eigenvalue weighted by atomic mass is 9.69. The topological polar surface area (TPSA) is 104 Å². The summed E-state index contributed by atoms with van der Waals surface area (Å²) in [6.45, 7) is 1.85. The highest BCUT2D eigenvalue weighted by Crippen LogP contribution is 2.47. The Kier molecular flexibility index (Phi) is 6.03. The molecule has 1 amide bonds. The van der Waals surface area contributed by atoms with Crippen molar-refractivity contribution in [3.05, 3.63) is 59.2 Å². The van der Waals surface area contributed by atoms with Gasteiger partial charge in [0.1, 0.15) is 23.2 Å². The van der Waals surface area contributed by atoms with Crippen molar-refractivity contribution in [2.24, 2.45) is 5.92 Å². The molecular formula is C24H25NO7. The molecule has 32 heavy (non-hydrogen) atoms. The molecular weight excluding hydrogens is 414 g/mol. The van der Waals surface area contributed by atoms with Gasteiger partial charge >= 0.3 is 5.97 Å². The molecule has 0 unspecified atom stereocenters. The van der Waals surface area contributed by atoms with Gasteiger partial charge in [0.05, 0.1) is 27.1 Å². The fourth-order valence-electron chi connectivity index (χ4n) is 4.60.